The zero-order valence-corrected chi connectivity index (χ0v) is 17.3. The van der Waals surface area contributed by atoms with Crippen molar-refractivity contribution in [2.75, 3.05) is 18.9 Å². The molecule has 0 fully saturated rings. The lowest BCUT2D eigenvalue weighted by Gasteiger charge is -2.13. The van der Waals surface area contributed by atoms with Crippen molar-refractivity contribution in [3.63, 3.8) is 0 Å². The van der Waals surface area contributed by atoms with Crippen molar-refractivity contribution >= 4 is 40.5 Å². The first kappa shape index (κ1) is 20.9. The van der Waals surface area contributed by atoms with Crippen LogP contribution in [0.2, 0.25) is 4.47 Å². The second-order valence-electron chi connectivity index (χ2n) is 5.63. The van der Waals surface area contributed by atoms with Crippen molar-refractivity contribution in [1.29, 1.82) is 10.5 Å². The van der Waals surface area contributed by atoms with Crippen LogP contribution in [0.1, 0.15) is 16.8 Å². The van der Waals surface area contributed by atoms with E-state index < -0.39 is 0 Å². The summed E-state index contributed by atoms with van der Waals surface area (Å²) in [6.45, 7) is 0.0838. The molecule has 0 atom stereocenters. The largest absolute Gasteiger partial charge is 0.491 e. The summed E-state index contributed by atoms with van der Waals surface area (Å²) in [5.41, 5.74) is 8.27. The summed E-state index contributed by atoms with van der Waals surface area (Å²) in [5, 5.41) is 30.5. The smallest absolute Gasteiger partial charge is 0.183 e. The molecule has 0 bridgehead atoms. The molecule has 3 N–H and O–H groups in total. The molecule has 0 spiro atoms. The molecule has 3 rings (SSSR count). The van der Waals surface area contributed by atoms with E-state index in [0.29, 0.717) is 32.1 Å². The second-order valence-corrected chi connectivity index (χ2v) is 8.03. The fraction of sp³-hybridized carbons (Fsp3) is 0.158. The van der Waals surface area contributed by atoms with Gasteiger partial charge in [0, 0.05) is 16.7 Å². The SMILES string of the molecule is N#Cc1c(N)nc(SCc2csc(Cl)n2)c(C#N)c1-c1ccc(OCCO)cc1. The number of aliphatic hydroxyl groups excluding tert-OH is 1. The molecule has 0 aliphatic rings. The average Bonchev–Trinajstić information content (AvgIpc) is 3.15. The number of aliphatic hydroxyl groups is 1. The first-order valence-corrected chi connectivity index (χ1v) is 10.5. The summed E-state index contributed by atoms with van der Waals surface area (Å²) in [4.78, 5) is 8.46. The van der Waals surface area contributed by atoms with Crippen LogP contribution >= 0.6 is 34.7 Å². The summed E-state index contributed by atoms with van der Waals surface area (Å²) in [6.07, 6.45) is 0. The number of aromatic nitrogens is 2. The number of halogens is 1. The number of nitrogens with zero attached hydrogens (tertiary/aromatic N) is 4. The molecule has 0 aliphatic heterocycles. The molecule has 0 amide bonds. The van der Waals surface area contributed by atoms with Crippen molar-refractivity contribution in [2.45, 2.75) is 10.8 Å². The van der Waals surface area contributed by atoms with Crippen LogP contribution in [-0.4, -0.2) is 28.3 Å². The Hall–Kier alpha value is -2.82. The van der Waals surface area contributed by atoms with E-state index in [9.17, 15) is 10.5 Å². The van der Waals surface area contributed by atoms with Gasteiger partial charge in [0.25, 0.3) is 0 Å². The highest BCUT2D eigenvalue weighted by molar-refractivity contribution is 7.98. The van der Waals surface area contributed by atoms with Gasteiger partial charge in [-0.3, -0.25) is 0 Å². The number of pyridine rings is 1. The highest BCUT2D eigenvalue weighted by Gasteiger charge is 2.21. The van der Waals surface area contributed by atoms with Crippen LogP contribution in [-0.2, 0) is 5.75 Å². The van der Waals surface area contributed by atoms with Crippen molar-refractivity contribution in [1.82, 2.24) is 9.97 Å². The predicted octanol–water partition coefficient (Wildman–Crippen LogP) is 3.85. The predicted molar refractivity (Wildman–Crippen MR) is 113 cm³/mol. The number of hydrogen-bond donors (Lipinski definition) is 2. The van der Waals surface area contributed by atoms with Gasteiger partial charge in [-0.25, -0.2) is 9.97 Å². The van der Waals surface area contributed by atoms with E-state index in [1.54, 1.807) is 24.3 Å². The Morgan fingerprint density at radius 1 is 1.17 bits per heavy atom. The van der Waals surface area contributed by atoms with Gasteiger partial charge in [-0.1, -0.05) is 35.5 Å². The highest BCUT2D eigenvalue weighted by atomic mass is 35.5. The van der Waals surface area contributed by atoms with Crippen LogP contribution in [0.4, 0.5) is 5.82 Å². The molecule has 0 radical (unpaired) electrons. The number of ether oxygens (including phenoxy) is 1. The van der Waals surface area contributed by atoms with Gasteiger partial charge in [-0.2, -0.15) is 10.5 Å². The molecule has 0 saturated carbocycles. The molecule has 0 unspecified atom stereocenters. The number of thiazole rings is 1. The number of rotatable bonds is 7. The van der Waals surface area contributed by atoms with E-state index in [2.05, 4.69) is 22.1 Å². The Kier molecular flexibility index (Phi) is 6.91. The van der Waals surface area contributed by atoms with Gasteiger partial charge < -0.3 is 15.6 Å². The molecule has 1 aromatic carbocycles. The molecule has 2 heterocycles. The van der Waals surface area contributed by atoms with Crippen LogP contribution < -0.4 is 10.5 Å². The zero-order valence-electron chi connectivity index (χ0n) is 14.9. The summed E-state index contributed by atoms with van der Waals surface area (Å²) in [5.74, 6) is 1.08. The first-order chi connectivity index (χ1) is 14.1. The molecule has 7 nitrogen and oxygen atoms in total. The van der Waals surface area contributed by atoms with Gasteiger partial charge in [0.1, 0.15) is 40.9 Å². The van der Waals surface area contributed by atoms with Gasteiger partial charge >= 0.3 is 0 Å². The van der Waals surface area contributed by atoms with Gasteiger partial charge in [-0.15, -0.1) is 11.3 Å². The fourth-order valence-corrected chi connectivity index (χ4v) is 4.34. The molecule has 0 aliphatic carbocycles. The molecule has 0 saturated heterocycles. The zero-order chi connectivity index (χ0) is 20.8. The van der Waals surface area contributed by atoms with Crippen molar-refractivity contribution in [2.24, 2.45) is 0 Å². The maximum atomic E-state index is 9.80. The van der Waals surface area contributed by atoms with E-state index in [1.807, 2.05) is 5.38 Å². The van der Waals surface area contributed by atoms with Crippen molar-refractivity contribution in [3.8, 4) is 29.0 Å². The minimum absolute atomic E-state index is 0.0564. The van der Waals surface area contributed by atoms with E-state index in [-0.39, 0.29) is 30.2 Å². The minimum atomic E-state index is -0.0927. The molecule has 10 heteroatoms. The highest BCUT2D eigenvalue weighted by Crippen LogP contribution is 2.37. The summed E-state index contributed by atoms with van der Waals surface area (Å²) >= 11 is 8.50. The summed E-state index contributed by atoms with van der Waals surface area (Å²) in [6, 6.07) is 11.1. The first-order valence-electron chi connectivity index (χ1n) is 8.27. The number of anilines is 1. The van der Waals surface area contributed by atoms with E-state index in [1.165, 1.54) is 23.1 Å². The van der Waals surface area contributed by atoms with Crippen LogP contribution in [0.15, 0.2) is 34.7 Å². The minimum Gasteiger partial charge on any atom is -0.491 e. The standard InChI is InChI=1S/C19H14ClN5O2S2/c20-19-24-12(10-29-19)9-28-18-15(8-22)16(14(7-21)17(23)25-18)11-1-3-13(4-2-11)27-6-5-26/h1-4,10,26H,5-6,9H2,(H2,23,25). The van der Waals surface area contributed by atoms with Gasteiger partial charge in [-0.05, 0) is 17.7 Å². The number of benzene rings is 1. The summed E-state index contributed by atoms with van der Waals surface area (Å²) in [7, 11) is 0. The maximum absolute atomic E-state index is 9.80. The Bertz CT molecular complexity index is 1100. The van der Waals surface area contributed by atoms with Gasteiger partial charge in [0.2, 0.25) is 0 Å². The third-order valence-electron chi connectivity index (χ3n) is 3.80. The van der Waals surface area contributed by atoms with Gasteiger partial charge in [0.05, 0.1) is 17.9 Å². The average molecular weight is 444 g/mol. The number of nitrogens with two attached hydrogens (primary N) is 1. The summed E-state index contributed by atoms with van der Waals surface area (Å²) < 4.78 is 5.80. The second kappa shape index (κ2) is 9.59. The molecular formula is C19H14ClN5O2S2. The van der Waals surface area contributed by atoms with Crippen LogP contribution in [0, 0.1) is 22.7 Å². The molecule has 146 valence electrons. The lowest BCUT2D eigenvalue weighted by Crippen LogP contribution is -2.04. The lowest BCUT2D eigenvalue weighted by molar-refractivity contribution is 0.201. The quantitative estimate of drug-likeness (QED) is 0.527. The topological polar surface area (TPSA) is 129 Å². The Labute approximate surface area is 180 Å². The third kappa shape index (κ3) is 4.78. The van der Waals surface area contributed by atoms with E-state index in [0.717, 1.165) is 5.69 Å². The molecule has 2 aromatic heterocycles. The van der Waals surface area contributed by atoms with E-state index in [4.69, 9.17) is 27.2 Å². The third-order valence-corrected chi connectivity index (χ3v) is 5.84. The van der Waals surface area contributed by atoms with Crippen LogP contribution in [0.5, 0.6) is 5.75 Å². The van der Waals surface area contributed by atoms with Crippen LogP contribution in [0.25, 0.3) is 11.1 Å². The number of nitriles is 2. The fourth-order valence-electron chi connectivity index (χ4n) is 2.56. The number of thioether (sulfide) groups is 1. The Morgan fingerprint density at radius 2 is 1.90 bits per heavy atom. The monoisotopic (exact) mass is 443 g/mol. The molecule has 29 heavy (non-hydrogen) atoms. The molecular weight excluding hydrogens is 430 g/mol. The Morgan fingerprint density at radius 3 is 2.48 bits per heavy atom. The normalized spacial score (nSPS) is 10.3. The van der Waals surface area contributed by atoms with E-state index >= 15 is 0 Å². The van der Waals surface area contributed by atoms with Crippen LogP contribution in [0.3, 0.4) is 0 Å². The number of nitrogen functional groups attached to an aromatic ring is 1. The van der Waals surface area contributed by atoms with Crippen molar-refractivity contribution in [3.05, 3.63) is 50.9 Å². The molecule has 3 aromatic rings. The van der Waals surface area contributed by atoms with Gasteiger partial charge in [0.15, 0.2) is 4.47 Å². The maximum Gasteiger partial charge on any atom is 0.183 e. The lowest BCUT2D eigenvalue weighted by atomic mass is 9.97. The van der Waals surface area contributed by atoms with Crippen molar-refractivity contribution < 1.29 is 9.84 Å². The Balaban J connectivity index is 2.01. The number of hydrogen-bond acceptors (Lipinski definition) is 9.